The minimum atomic E-state index is -0.0716. The minimum Gasteiger partial charge on any atom is -0.493 e. The summed E-state index contributed by atoms with van der Waals surface area (Å²) in [6.07, 6.45) is 11.6. The van der Waals surface area contributed by atoms with E-state index in [0.717, 1.165) is 49.2 Å². The molecule has 166 valence electrons. The highest BCUT2D eigenvalue weighted by Gasteiger charge is 2.39. The number of hydrogen-bond acceptors (Lipinski definition) is 4. The quantitative estimate of drug-likeness (QED) is 0.562. The minimum absolute atomic E-state index is 0.0716. The molecule has 1 unspecified atom stereocenters. The second-order valence-corrected chi connectivity index (χ2v) is 9.32. The Balaban J connectivity index is 1.55. The first kappa shape index (κ1) is 21.0. The fraction of sp³-hybridized carbons (Fsp3) is 0.393. The molecule has 5 rings (SSSR count). The van der Waals surface area contributed by atoms with Gasteiger partial charge in [0.15, 0.2) is 11.5 Å². The van der Waals surface area contributed by atoms with Crippen LogP contribution in [0.1, 0.15) is 53.5 Å². The highest BCUT2D eigenvalue weighted by Crippen LogP contribution is 2.45. The summed E-state index contributed by atoms with van der Waals surface area (Å²) in [7, 11) is 1.71. The van der Waals surface area contributed by atoms with E-state index in [-0.39, 0.29) is 18.1 Å². The third-order valence-electron chi connectivity index (χ3n) is 7.17. The van der Waals surface area contributed by atoms with Crippen LogP contribution in [0.4, 0.5) is 0 Å². The summed E-state index contributed by atoms with van der Waals surface area (Å²) in [5, 5.41) is 9.64. The van der Waals surface area contributed by atoms with Crippen molar-refractivity contribution in [2.75, 3.05) is 7.11 Å². The molecule has 32 heavy (non-hydrogen) atoms. The van der Waals surface area contributed by atoms with Crippen LogP contribution in [0.2, 0.25) is 0 Å². The molecule has 1 saturated carbocycles. The monoisotopic (exact) mass is 429 g/mol. The van der Waals surface area contributed by atoms with Gasteiger partial charge in [-0.2, -0.15) is 0 Å². The number of rotatable bonds is 7. The van der Waals surface area contributed by atoms with Crippen molar-refractivity contribution >= 4 is 0 Å². The van der Waals surface area contributed by atoms with Crippen LogP contribution in [-0.2, 0) is 31.3 Å². The summed E-state index contributed by atoms with van der Waals surface area (Å²) >= 11 is 0. The van der Waals surface area contributed by atoms with Gasteiger partial charge in [0.1, 0.15) is 0 Å². The molecule has 1 atom stereocenters. The number of pyridine rings is 1. The molecule has 0 radical (unpaired) electrons. The molecule has 2 aliphatic rings. The normalized spacial score (nSPS) is 20.3. The third kappa shape index (κ3) is 4.12. The van der Waals surface area contributed by atoms with Crippen LogP contribution in [0.25, 0.3) is 0 Å². The summed E-state index contributed by atoms with van der Waals surface area (Å²) in [6.45, 7) is 0.0759. The van der Waals surface area contributed by atoms with Crippen LogP contribution < -0.4 is 9.47 Å². The van der Waals surface area contributed by atoms with Gasteiger partial charge in [-0.15, -0.1) is 0 Å². The van der Waals surface area contributed by atoms with Crippen molar-refractivity contribution in [1.82, 2.24) is 4.98 Å². The number of hydrogen-bond donors (Lipinski definition) is 1. The van der Waals surface area contributed by atoms with Gasteiger partial charge in [0, 0.05) is 17.8 Å². The van der Waals surface area contributed by atoms with Crippen molar-refractivity contribution in [3.63, 3.8) is 0 Å². The molecule has 1 fully saturated rings. The molecule has 0 aliphatic heterocycles. The molecule has 4 heteroatoms. The van der Waals surface area contributed by atoms with Gasteiger partial charge in [0.2, 0.25) is 0 Å². The van der Waals surface area contributed by atoms with Gasteiger partial charge in [-0.3, -0.25) is 4.98 Å². The summed E-state index contributed by atoms with van der Waals surface area (Å²) in [5.41, 5.74) is 6.17. The highest BCUT2D eigenvalue weighted by atomic mass is 16.5. The predicted molar refractivity (Wildman–Crippen MR) is 125 cm³/mol. The van der Waals surface area contributed by atoms with Gasteiger partial charge in [0.05, 0.1) is 19.8 Å². The van der Waals surface area contributed by atoms with Crippen LogP contribution in [0, 0.1) is 0 Å². The molecular weight excluding hydrogens is 398 g/mol. The summed E-state index contributed by atoms with van der Waals surface area (Å²) in [6, 6.07) is 17.1. The number of ether oxygens (including phenoxy) is 2. The zero-order valence-corrected chi connectivity index (χ0v) is 18.7. The molecule has 0 bridgehead atoms. The Labute approximate surface area is 190 Å². The second kappa shape index (κ2) is 8.95. The average molecular weight is 430 g/mol. The van der Waals surface area contributed by atoms with Crippen molar-refractivity contribution in [3.05, 3.63) is 88.7 Å². The first-order valence-corrected chi connectivity index (χ1v) is 11.6. The SMILES string of the molecule is COc1ccc(C2(Cc3ccncc3)Cc3ccc(CO)cc3C2)cc1OC1CCCC1. The molecule has 1 heterocycles. The maximum Gasteiger partial charge on any atom is 0.161 e. The first-order chi connectivity index (χ1) is 15.7. The lowest BCUT2D eigenvalue weighted by molar-refractivity contribution is 0.200. The molecule has 0 saturated heterocycles. The first-order valence-electron chi connectivity index (χ1n) is 11.6. The largest absolute Gasteiger partial charge is 0.493 e. The molecule has 3 aromatic rings. The van der Waals surface area contributed by atoms with Crippen molar-refractivity contribution in [1.29, 1.82) is 0 Å². The summed E-state index contributed by atoms with van der Waals surface area (Å²) in [5.74, 6) is 1.66. The zero-order chi connectivity index (χ0) is 22.0. The third-order valence-corrected chi connectivity index (χ3v) is 7.17. The van der Waals surface area contributed by atoms with Gasteiger partial charge < -0.3 is 14.6 Å². The molecule has 0 spiro atoms. The van der Waals surface area contributed by atoms with E-state index in [2.05, 4.69) is 47.4 Å². The van der Waals surface area contributed by atoms with E-state index in [9.17, 15) is 5.11 Å². The molecule has 1 aromatic heterocycles. The lowest BCUT2D eigenvalue weighted by Gasteiger charge is -2.31. The zero-order valence-electron chi connectivity index (χ0n) is 18.7. The standard InChI is InChI=1S/C28H31NO3/c1-31-26-9-8-24(15-27(26)32-25-4-2-3-5-25)28(16-20-10-12-29-13-11-20)17-22-7-6-21(19-30)14-23(22)18-28/h6-15,25,30H,2-5,16-19H2,1H3. The van der Waals surface area contributed by atoms with Crippen molar-refractivity contribution in [3.8, 4) is 11.5 Å². The van der Waals surface area contributed by atoms with E-state index < -0.39 is 0 Å². The number of fused-ring (bicyclic) bond motifs is 1. The molecule has 2 aliphatic carbocycles. The summed E-state index contributed by atoms with van der Waals surface area (Å²) in [4.78, 5) is 4.21. The second-order valence-electron chi connectivity index (χ2n) is 9.32. The number of aliphatic hydroxyl groups is 1. The van der Waals surface area contributed by atoms with Crippen molar-refractivity contribution in [2.45, 2.75) is 63.1 Å². The van der Waals surface area contributed by atoms with E-state index >= 15 is 0 Å². The molecule has 4 nitrogen and oxygen atoms in total. The molecular formula is C28H31NO3. The van der Waals surface area contributed by atoms with E-state index in [1.54, 1.807) is 7.11 Å². The Kier molecular flexibility index (Phi) is 5.88. The Morgan fingerprint density at radius 1 is 0.906 bits per heavy atom. The lowest BCUT2D eigenvalue weighted by atomic mass is 9.73. The van der Waals surface area contributed by atoms with Crippen molar-refractivity contribution < 1.29 is 14.6 Å². The highest BCUT2D eigenvalue weighted by molar-refractivity contribution is 5.50. The Bertz CT molecular complexity index is 1080. The van der Waals surface area contributed by atoms with E-state index in [4.69, 9.17) is 9.47 Å². The van der Waals surface area contributed by atoms with E-state index in [1.165, 1.54) is 35.1 Å². The van der Waals surface area contributed by atoms with Crippen LogP contribution >= 0.6 is 0 Å². The number of benzene rings is 2. The molecule has 1 N–H and O–H groups in total. The number of nitrogens with zero attached hydrogens (tertiary/aromatic N) is 1. The van der Waals surface area contributed by atoms with Crippen LogP contribution in [0.5, 0.6) is 11.5 Å². The molecule has 0 amide bonds. The number of aliphatic hydroxyl groups excluding tert-OH is 1. The maximum atomic E-state index is 9.64. The lowest BCUT2D eigenvalue weighted by Crippen LogP contribution is -2.30. The Morgan fingerprint density at radius 3 is 2.44 bits per heavy atom. The van der Waals surface area contributed by atoms with Gasteiger partial charge in [0.25, 0.3) is 0 Å². The van der Waals surface area contributed by atoms with Gasteiger partial charge >= 0.3 is 0 Å². The van der Waals surface area contributed by atoms with Crippen molar-refractivity contribution in [2.24, 2.45) is 0 Å². The smallest absolute Gasteiger partial charge is 0.161 e. The van der Waals surface area contributed by atoms with Crippen LogP contribution in [0.3, 0.4) is 0 Å². The average Bonchev–Trinajstić information content (AvgIpc) is 3.47. The van der Waals surface area contributed by atoms with Crippen LogP contribution in [0.15, 0.2) is 60.9 Å². The Hall–Kier alpha value is -2.85. The maximum absolute atomic E-state index is 9.64. The Morgan fingerprint density at radius 2 is 1.69 bits per heavy atom. The predicted octanol–water partition coefficient (Wildman–Crippen LogP) is 5.18. The van der Waals surface area contributed by atoms with Crippen LogP contribution in [-0.4, -0.2) is 23.3 Å². The van der Waals surface area contributed by atoms with E-state index in [1.807, 2.05) is 18.5 Å². The van der Waals surface area contributed by atoms with Gasteiger partial charge in [-0.05, 0) is 97.0 Å². The number of aromatic nitrogens is 1. The fourth-order valence-electron chi connectivity index (χ4n) is 5.51. The van der Waals surface area contributed by atoms with Gasteiger partial charge in [-0.25, -0.2) is 0 Å². The summed E-state index contributed by atoms with van der Waals surface area (Å²) < 4.78 is 12.1. The number of methoxy groups -OCH3 is 1. The van der Waals surface area contributed by atoms with E-state index in [0.29, 0.717) is 0 Å². The van der Waals surface area contributed by atoms with Gasteiger partial charge in [-0.1, -0.05) is 24.3 Å². The molecule has 2 aromatic carbocycles. The fourth-order valence-corrected chi connectivity index (χ4v) is 5.51. The topological polar surface area (TPSA) is 51.6 Å².